The summed E-state index contributed by atoms with van der Waals surface area (Å²) >= 11 is 3.54. The van der Waals surface area contributed by atoms with Crippen LogP contribution in [0.2, 0.25) is 0 Å². The van der Waals surface area contributed by atoms with Crippen LogP contribution in [0.3, 0.4) is 0 Å². The number of sulfonamides is 1. The van der Waals surface area contributed by atoms with E-state index in [1.54, 1.807) is 45.0 Å². The minimum atomic E-state index is -3.61. The van der Waals surface area contributed by atoms with Crippen molar-refractivity contribution in [3.8, 4) is 0 Å². The lowest BCUT2D eigenvalue weighted by Crippen LogP contribution is -2.40. The summed E-state index contributed by atoms with van der Waals surface area (Å²) in [6, 6.07) is 11.6. The summed E-state index contributed by atoms with van der Waals surface area (Å²) in [6.07, 6.45) is 0. The molecule has 152 valence electrons. The molecule has 0 aliphatic carbocycles. The van der Waals surface area contributed by atoms with Crippen LogP contribution < -0.4 is 10.0 Å². The summed E-state index contributed by atoms with van der Waals surface area (Å²) < 4.78 is 28.2. The van der Waals surface area contributed by atoms with Gasteiger partial charge in [-0.15, -0.1) is 0 Å². The summed E-state index contributed by atoms with van der Waals surface area (Å²) in [4.78, 5) is 12.7. The maximum atomic E-state index is 12.5. The van der Waals surface area contributed by atoms with Crippen LogP contribution in [0.15, 0.2) is 51.8 Å². The maximum absolute atomic E-state index is 12.5. The highest BCUT2D eigenvalue weighted by Gasteiger charge is 2.22. The zero-order valence-electron chi connectivity index (χ0n) is 17.1. The van der Waals surface area contributed by atoms with Gasteiger partial charge in [0.1, 0.15) is 0 Å². The normalized spacial score (nSPS) is 12.7. The largest absolute Gasteiger partial charge is 0.322 e. The fourth-order valence-electron chi connectivity index (χ4n) is 2.65. The average molecular weight is 467 g/mol. The van der Waals surface area contributed by atoms with Gasteiger partial charge >= 0.3 is 0 Å². The Morgan fingerprint density at radius 2 is 1.50 bits per heavy atom. The van der Waals surface area contributed by atoms with Gasteiger partial charge in [0.15, 0.2) is 0 Å². The molecule has 0 heterocycles. The minimum absolute atomic E-state index is 0.0315. The van der Waals surface area contributed by atoms with E-state index < -0.39 is 15.6 Å². The quantitative estimate of drug-likeness (QED) is 0.659. The van der Waals surface area contributed by atoms with E-state index in [-0.39, 0.29) is 16.2 Å². The number of halogens is 1. The predicted octanol–water partition coefficient (Wildman–Crippen LogP) is 5.08. The van der Waals surface area contributed by atoms with Gasteiger partial charge < -0.3 is 5.32 Å². The third-order valence-corrected chi connectivity index (χ3v) is 6.33. The highest BCUT2D eigenvalue weighted by Crippen LogP contribution is 2.30. The van der Waals surface area contributed by atoms with Gasteiger partial charge in [0, 0.05) is 21.3 Å². The van der Waals surface area contributed by atoms with Crippen molar-refractivity contribution in [1.29, 1.82) is 0 Å². The van der Waals surface area contributed by atoms with Gasteiger partial charge in [0.25, 0.3) is 5.91 Å². The summed E-state index contributed by atoms with van der Waals surface area (Å²) in [6.45, 7) is 11.7. The maximum Gasteiger partial charge on any atom is 0.255 e. The molecule has 0 unspecified atom stereocenters. The van der Waals surface area contributed by atoms with Gasteiger partial charge in [-0.1, -0.05) is 42.8 Å². The minimum Gasteiger partial charge on any atom is -0.322 e. The van der Waals surface area contributed by atoms with Gasteiger partial charge in [-0.3, -0.25) is 4.79 Å². The zero-order valence-corrected chi connectivity index (χ0v) is 19.5. The fourth-order valence-corrected chi connectivity index (χ4v) is 5.04. The van der Waals surface area contributed by atoms with Crippen LogP contribution in [-0.4, -0.2) is 19.9 Å². The number of rotatable bonds is 4. The van der Waals surface area contributed by atoms with E-state index in [2.05, 4.69) is 46.7 Å². The molecule has 0 bridgehead atoms. The molecule has 0 saturated carbocycles. The van der Waals surface area contributed by atoms with Crippen LogP contribution in [0, 0.1) is 0 Å². The van der Waals surface area contributed by atoms with Crippen LogP contribution >= 0.6 is 15.9 Å². The van der Waals surface area contributed by atoms with Crippen LogP contribution in [0.1, 0.15) is 57.5 Å². The average Bonchev–Trinajstić information content (AvgIpc) is 2.51. The number of carbonyl (C=O) groups is 1. The summed E-state index contributed by atoms with van der Waals surface area (Å²) in [5.41, 5.74) is 1.56. The lowest BCUT2D eigenvalue weighted by molar-refractivity contribution is 0.102. The number of anilines is 1. The molecule has 7 heteroatoms. The lowest BCUT2D eigenvalue weighted by atomic mass is 9.86. The first-order valence-corrected chi connectivity index (χ1v) is 11.2. The van der Waals surface area contributed by atoms with Crippen LogP contribution in [0.4, 0.5) is 5.69 Å². The van der Waals surface area contributed by atoms with E-state index in [1.165, 1.54) is 12.1 Å². The molecule has 2 aromatic carbocycles. The Hall–Kier alpha value is -1.70. The van der Waals surface area contributed by atoms with E-state index >= 15 is 0 Å². The first-order chi connectivity index (χ1) is 12.7. The van der Waals surface area contributed by atoms with E-state index in [0.717, 1.165) is 10.0 Å². The number of nitrogens with one attached hydrogen (secondary N) is 2. The summed E-state index contributed by atoms with van der Waals surface area (Å²) in [5, 5.41) is 2.80. The Balaban J connectivity index is 2.16. The SMILES string of the molecule is CC(C)(C)NS(=O)(=O)c1ccc(NC(=O)c2ccc(C(C)(C)C)c(Br)c2)cc1. The van der Waals surface area contributed by atoms with Crippen LogP contribution in [0.25, 0.3) is 0 Å². The Kier molecular flexibility index (Phi) is 6.43. The molecular formula is C21H27BrN2O3S. The van der Waals surface area contributed by atoms with Gasteiger partial charge in [-0.05, 0) is 68.1 Å². The lowest BCUT2D eigenvalue weighted by Gasteiger charge is -2.21. The fraction of sp³-hybridized carbons (Fsp3) is 0.381. The van der Waals surface area contributed by atoms with Gasteiger partial charge in [-0.25, -0.2) is 13.1 Å². The van der Waals surface area contributed by atoms with E-state index in [0.29, 0.717) is 11.3 Å². The Morgan fingerprint density at radius 1 is 0.929 bits per heavy atom. The Morgan fingerprint density at radius 3 is 1.96 bits per heavy atom. The van der Waals surface area contributed by atoms with E-state index in [1.807, 2.05) is 6.07 Å². The van der Waals surface area contributed by atoms with Gasteiger partial charge in [0.05, 0.1) is 4.90 Å². The highest BCUT2D eigenvalue weighted by molar-refractivity contribution is 9.10. The molecule has 0 fully saturated rings. The first kappa shape index (κ1) is 22.6. The van der Waals surface area contributed by atoms with Gasteiger partial charge in [0.2, 0.25) is 10.0 Å². The topological polar surface area (TPSA) is 75.3 Å². The van der Waals surface area contributed by atoms with Crippen LogP contribution in [-0.2, 0) is 15.4 Å². The molecule has 0 atom stereocenters. The third kappa shape index (κ3) is 5.90. The molecule has 0 radical (unpaired) electrons. The molecule has 28 heavy (non-hydrogen) atoms. The standard InChI is InChI=1S/C21H27BrN2O3S/c1-20(2,3)17-12-7-14(13-18(17)22)19(25)23-15-8-10-16(11-9-15)28(26,27)24-21(4,5)6/h7-13,24H,1-6H3,(H,23,25). The van der Waals surface area contributed by atoms with E-state index in [4.69, 9.17) is 0 Å². The highest BCUT2D eigenvalue weighted by atomic mass is 79.9. The molecule has 0 aliphatic rings. The Bertz CT molecular complexity index is 970. The number of hydrogen-bond acceptors (Lipinski definition) is 3. The number of benzene rings is 2. The first-order valence-electron chi connectivity index (χ1n) is 8.94. The molecule has 2 rings (SSSR count). The van der Waals surface area contributed by atoms with Crippen molar-refractivity contribution in [1.82, 2.24) is 4.72 Å². The molecular weight excluding hydrogens is 440 g/mol. The molecule has 5 nitrogen and oxygen atoms in total. The van der Waals surface area contributed by atoms with E-state index in [9.17, 15) is 13.2 Å². The number of hydrogen-bond donors (Lipinski definition) is 2. The van der Waals surface area contributed by atoms with Crippen LogP contribution in [0.5, 0.6) is 0 Å². The molecule has 0 aromatic heterocycles. The van der Waals surface area contributed by atoms with Crippen molar-refractivity contribution in [2.24, 2.45) is 0 Å². The summed E-state index contributed by atoms with van der Waals surface area (Å²) in [5.74, 6) is -0.260. The monoisotopic (exact) mass is 466 g/mol. The molecule has 0 saturated heterocycles. The smallest absolute Gasteiger partial charge is 0.255 e. The third-order valence-electron chi connectivity index (χ3n) is 3.90. The van der Waals surface area contributed by atoms with Crippen molar-refractivity contribution in [3.63, 3.8) is 0 Å². The molecule has 1 amide bonds. The van der Waals surface area contributed by atoms with Crippen molar-refractivity contribution in [2.45, 2.75) is 57.4 Å². The molecule has 0 aliphatic heterocycles. The second-order valence-corrected chi connectivity index (χ2v) is 11.3. The zero-order chi connectivity index (χ0) is 21.3. The predicted molar refractivity (Wildman–Crippen MR) is 117 cm³/mol. The second-order valence-electron chi connectivity index (χ2n) is 8.78. The summed E-state index contributed by atoms with van der Waals surface area (Å²) in [7, 11) is -3.61. The number of amides is 1. The van der Waals surface area contributed by atoms with Crippen molar-refractivity contribution >= 4 is 37.5 Å². The number of carbonyl (C=O) groups excluding carboxylic acids is 1. The van der Waals surface area contributed by atoms with Crippen molar-refractivity contribution in [3.05, 3.63) is 58.1 Å². The second kappa shape index (κ2) is 7.97. The molecule has 2 N–H and O–H groups in total. The Labute approximate surface area is 176 Å². The molecule has 0 spiro atoms. The van der Waals surface area contributed by atoms with Crippen molar-refractivity contribution < 1.29 is 13.2 Å². The molecule has 2 aromatic rings. The van der Waals surface area contributed by atoms with Gasteiger partial charge in [-0.2, -0.15) is 0 Å². The van der Waals surface area contributed by atoms with Crippen molar-refractivity contribution in [2.75, 3.05) is 5.32 Å².